The maximum absolute atomic E-state index is 13.7. The Morgan fingerprint density at radius 1 is 1.22 bits per heavy atom. The van der Waals surface area contributed by atoms with Crippen molar-refractivity contribution in [2.24, 2.45) is 5.92 Å². The highest BCUT2D eigenvalue weighted by Crippen LogP contribution is 2.28. The zero-order valence-corrected chi connectivity index (χ0v) is 22.3. The van der Waals surface area contributed by atoms with Crippen molar-refractivity contribution in [1.29, 1.82) is 0 Å². The fourth-order valence-corrected chi connectivity index (χ4v) is 4.85. The Kier molecular flexibility index (Phi) is 8.72. The van der Waals surface area contributed by atoms with Gasteiger partial charge in [-0.3, -0.25) is 4.79 Å². The van der Waals surface area contributed by atoms with E-state index in [-0.39, 0.29) is 11.9 Å². The number of carbonyl (C=O) groups is 1. The molecule has 1 amide bonds. The van der Waals surface area contributed by atoms with Crippen molar-refractivity contribution in [2.75, 3.05) is 54.0 Å². The van der Waals surface area contributed by atoms with Gasteiger partial charge < -0.3 is 19.9 Å². The number of amides is 1. The van der Waals surface area contributed by atoms with Gasteiger partial charge in [-0.15, -0.1) is 0 Å². The molecular formula is C28H40N6O2. The number of hydrogen-bond donors (Lipinski definition) is 1. The zero-order chi connectivity index (χ0) is 25.7. The predicted molar refractivity (Wildman–Crippen MR) is 144 cm³/mol. The SMILES string of the molecule is CNCCN(C)Cc1cccc(-c2cc(C(=O)N(C)CC3CCOCC3)c3cnn(C(C)C)c3n2)c1. The van der Waals surface area contributed by atoms with Gasteiger partial charge in [-0.25, -0.2) is 9.67 Å². The van der Waals surface area contributed by atoms with E-state index in [0.29, 0.717) is 11.5 Å². The quantitative estimate of drug-likeness (QED) is 0.464. The molecule has 1 aromatic carbocycles. The number of nitrogens with one attached hydrogen (secondary N) is 1. The molecule has 194 valence electrons. The van der Waals surface area contributed by atoms with Crippen LogP contribution in [0.3, 0.4) is 0 Å². The van der Waals surface area contributed by atoms with Crippen LogP contribution in [0.2, 0.25) is 0 Å². The Hall–Kier alpha value is -2.81. The third kappa shape index (κ3) is 6.11. The lowest BCUT2D eigenvalue weighted by Gasteiger charge is -2.27. The number of fused-ring (bicyclic) bond motifs is 1. The number of ether oxygens (including phenoxy) is 1. The molecule has 8 heteroatoms. The maximum Gasteiger partial charge on any atom is 0.254 e. The van der Waals surface area contributed by atoms with E-state index >= 15 is 0 Å². The summed E-state index contributed by atoms with van der Waals surface area (Å²) in [6.07, 6.45) is 3.78. The van der Waals surface area contributed by atoms with Gasteiger partial charge in [-0.05, 0) is 64.4 Å². The summed E-state index contributed by atoms with van der Waals surface area (Å²) in [5, 5.41) is 8.59. The lowest BCUT2D eigenvalue weighted by molar-refractivity contribution is 0.0498. The minimum Gasteiger partial charge on any atom is -0.381 e. The van der Waals surface area contributed by atoms with Gasteiger partial charge in [-0.1, -0.05) is 18.2 Å². The molecule has 36 heavy (non-hydrogen) atoms. The minimum absolute atomic E-state index is 0.0152. The van der Waals surface area contributed by atoms with Gasteiger partial charge in [0.1, 0.15) is 0 Å². The van der Waals surface area contributed by atoms with E-state index in [1.165, 1.54) is 5.56 Å². The molecule has 1 aliphatic heterocycles. The van der Waals surface area contributed by atoms with E-state index < -0.39 is 0 Å². The van der Waals surface area contributed by atoms with E-state index in [0.717, 1.165) is 74.5 Å². The topological polar surface area (TPSA) is 75.5 Å². The zero-order valence-electron chi connectivity index (χ0n) is 22.3. The Balaban J connectivity index is 1.68. The summed E-state index contributed by atoms with van der Waals surface area (Å²) in [6, 6.07) is 10.5. The van der Waals surface area contributed by atoms with Crippen molar-refractivity contribution in [3.8, 4) is 11.3 Å². The number of carbonyl (C=O) groups excluding carboxylic acids is 1. The van der Waals surface area contributed by atoms with Gasteiger partial charge in [0, 0.05) is 58.0 Å². The third-order valence-corrected chi connectivity index (χ3v) is 6.92. The molecule has 0 spiro atoms. The molecular weight excluding hydrogens is 452 g/mol. The molecule has 0 bridgehead atoms. The van der Waals surface area contributed by atoms with Crippen LogP contribution in [0.15, 0.2) is 36.5 Å². The molecule has 0 radical (unpaired) electrons. The first kappa shape index (κ1) is 26.3. The second kappa shape index (κ2) is 12.0. The number of aromatic nitrogens is 3. The number of hydrogen-bond acceptors (Lipinski definition) is 6. The Morgan fingerprint density at radius 3 is 2.72 bits per heavy atom. The van der Waals surface area contributed by atoms with Gasteiger partial charge in [0.25, 0.3) is 5.91 Å². The van der Waals surface area contributed by atoms with Crippen LogP contribution in [0.4, 0.5) is 0 Å². The standard InChI is InChI=1S/C28H40N6O2/c1-20(2)34-27-25(17-30-34)24(28(35)33(5)19-21-9-13-36-14-10-21)16-26(31-27)23-8-6-7-22(15-23)18-32(4)12-11-29-3/h6-8,15-17,20-21,29H,9-14,18-19H2,1-5H3. The van der Waals surface area contributed by atoms with Crippen LogP contribution < -0.4 is 5.32 Å². The van der Waals surface area contributed by atoms with Crippen LogP contribution >= 0.6 is 0 Å². The molecule has 8 nitrogen and oxygen atoms in total. The molecule has 1 aliphatic rings. The lowest BCUT2D eigenvalue weighted by atomic mass is 9.99. The second-order valence-corrected chi connectivity index (χ2v) is 10.3. The Morgan fingerprint density at radius 2 is 2.00 bits per heavy atom. The van der Waals surface area contributed by atoms with Crippen molar-refractivity contribution in [2.45, 2.75) is 39.3 Å². The van der Waals surface area contributed by atoms with Crippen LogP contribution in [-0.2, 0) is 11.3 Å². The molecule has 2 aromatic heterocycles. The average Bonchev–Trinajstić information content (AvgIpc) is 3.32. The predicted octanol–water partition coefficient (Wildman–Crippen LogP) is 3.83. The van der Waals surface area contributed by atoms with Gasteiger partial charge in [-0.2, -0.15) is 5.10 Å². The van der Waals surface area contributed by atoms with Crippen molar-refractivity contribution in [3.05, 3.63) is 47.7 Å². The summed E-state index contributed by atoms with van der Waals surface area (Å²) >= 11 is 0. The Bertz CT molecular complexity index is 1170. The summed E-state index contributed by atoms with van der Waals surface area (Å²) in [5.41, 5.74) is 4.44. The van der Waals surface area contributed by atoms with Crippen molar-refractivity contribution in [1.82, 2.24) is 29.9 Å². The van der Waals surface area contributed by atoms with Gasteiger partial charge >= 0.3 is 0 Å². The highest BCUT2D eigenvalue weighted by Gasteiger charge is 2.24. The van der Waals surface area contributed by atoms with E-state index in [4.69, 9.17) is 9.72 Å². The molecule has 3 heterocycles. The molecule has 0 aliphatic carbocycles. The first-order valence-corrected chi connectivity index (χ1v) is 13.0. The highest BCUT2D eigenvalue weighted by atomic mass is 16.5. The normalized spacial score (nSPS) is 14.8. The van der Waals surface area contributed by atoms with E-state index in [1.54, 1.807) is 6.20 Å². The lowest BCUT2D eigenvalue weighted by Crippen LogP contribution is -2.34. The van der Waals surface area contributed by atoms with E-state index in [2.05, 4.69) is 60.5 Å². The molecule has 3 aromatic rings. The average molecular weight is 493 g/mol. The fraction of sp³-hybridized carbons (Fsp3) is 0.536. The second-order valence-electron chi connectivity index (χ2n) is 10.3. The fourth-order valence-electron chi connectivity index (χ4n) is 4.85. The van der Waals surface area contributed by atoms with Gasteiger partial charge in [0.2, 0.25) is 0 Å². The van der Waals surface area contributed by atoms with Crippen molar-refractivity contribution >= 4 is 16.9 Å². The smallest absolute Gasteiger partial charge is 0.254 e. The van der Waals surface area contributed by atoms with Crippen LogP contribution in [0.5, 0.6) is 0 Å². The molecule has 0 unspecified atom stereocenters. The number of rotatable bonds is 10. The van der Waals surface area contributed by atoms with E-state index in [1.807, 2.05) is 29.7 Å². The maximum atomic E-state index is 13.7. The first-order valence-electron chi connectivity index (χ1n) is 13.0. The van der Waals surface area contributed by atoms with Crippen LogP contribution in [0.25, 0.3) is 22.3 Å². The summed E-state index contributed by atoms with van der Waals surface area (Å²) in [5.74, 6) is 0.487. The molecule has 0 saturated carbocycles. The highest BCUT2D eigenvalue weighted by molar-refractivity contribution is 6.06. The summed E-state index contributed by atoms with van der Waals surface area (Å²) in [4.78, 5) is 22.9. The van der Waals surface area contributed by atoms with Crippen molar-refractivity contribution < 1.29 is 9.53 Å². The van der Waals surface area contributed by atoms with Crippen molar-refractivity contribution in [3.63, 3.8) is 0 Å². The largest absolute Gasteiger partial charge is 0.381 e. The molecule has 1 N–H and O–H groups in total. The van der Waals surface area contributed by atoms with Crippen LogP contribution in [-0.4, -0.2) is 84.5 Å². The number of benzene rings is 1. The summed E-state index contributed by atoms with van der Waals surface area (Å²) in [7, 11) is 6.00. The minimum atomic E-state index is 0.0152. The molecule has 4 rings (SSSR count). The molecule has 1 fully saturated rings. The number of nitrogens with zero attached hydrogens (tertiary/aromatic N) is 5. The third-order valence-electron chi connectivity index (χ3n) is 6.92. The van der Waals surface area contributed by atoms with Crippen LogP contribution in [0.1, 0.15) is 48.7 Å². The Labute approximate surface area is 214 Å². The first-order chi connectivity index (χ1) is 17.4. The molecule has 1 saturated heterocycles. The molecule has 0 atom stereocenters. The van der Waals surface area contributed by atoms with Gasteiger partial charge in [0.15, 0.2) is 5.65 Å². The number of pyridine rings is 1. The summed E-state index contributed by atoms with van der Waals surface area (Å²) < 4.78 is 7.40. The van der Waals surface area contributed by atoms with Crippen LogP contribution in [0, 0.1) is 5.92 Å². The van der Waals surface area contributed by atoms with Gasteiger partial charge in [0.05, 0.1) is 22.8 Å². The summed E-state index contributed by atoms with van der Waals surface area (Å²) in [6.45, 7) is 9.21. The monoisotopic (exact) mass is 492 g/mol. The number of likely N-dealkylation sites (N-methyl/N-ethyl adjacent to an activating group) is 2. The van der Waals surface area contributed by atoms with E-state index in [9.17, 15) is 4.79 Å².